The van der Waals surface area contributed by atoms with E-state index in [-0.39, 0.29) is 53.2 Å². The predicted molar refractivity (Wildman–Crippen MR) is 123 cm³/mol. The molecule has 0 aliphatic rings. The third kappa shape index (κ3) is 8.20. The summed E-state index contributed by atoms with van der Waals surface area (Å²) in [5.41, 5.74) is -0.0731. The van der Waals surface area contributed by atoms with Gasteiger partial charge in [0, 0.05) is 26.2 Å². The molecular weight excluding hydrogens is 496 g/mol. The van der Waals surface area contributed by atoms with Gasteiger partial charge in [-0.15, -0.1) is 24.0 Å². The fourth-order valence-corrected chi connectivity index (χ4v) is 4.08. The molecule has 0 unspecified atom stereocenters. The van der Waals surface area contributed by atoms with E-state index < -0.39 is 15.7 Å². The van der Waals surface area contributed by atoms with E-state index in [0.717, 1.165) is 18.9 Å². The summed E-state index contributed by atoms with van der Waals surface area (Å²) >= 11 is 0. The van der Waals surface area contributed by atoms with Crippen molar-refractivity contribution in [3.63, 3.8) is 0 Å². The average molecular weight is 529 g/mol. The average Bonchev–Trinajstić information content (AvgIpc) is 2.65. The van der Waals surface area contributed by atoms with Gasteiger partial charge in [0.1, 0.15) is 10.7 Å². The van der Waals surface area contributed by atoms with Gasteiger partial charge in [-0.2, -0.15) is 0 Å². The summed E-state index contributed by atoms with van der Waals surface area (Å²) in [5.74, 6) is -0.454. The van der Waals surface area contributed by atoms with Crippen LogP contribution in [0.5, 0.6) is 0 Å². The van der Waals surface area contributed by atoms with Crippen molar-refractivity contribution in [3.05, 3.63) is 30.1 Å². The summed E-state index contributed by atoms with van der Waals surface area (Å²) in [6.45, 7) is 7.49. The highest BCUT2D eigenvalue weighted by Gasteiger charge is 2.25. The van der Waals surface area contributed by atoms with E-state index in [1.165, 1.54) is 18.2 Å². The number of sulfone groups is 1. The molecule has 0 aliphatic carbocycles. The van der Waals surface area contributed by atoms with Crippen LogP contribution in [0.3, 0.4) is 0 Å². The van der Waals surface area contributed by atoms with Crippen LogP contribution in [0.25, 0.3) is 0 Å². The van der Waals surface area contributed by atoms with Crippen LogP contribution in [-0.4, -0.2) is 51.5 Å². The molecule has 0 saturated carbocycles. The Morgan fingerprint density at radius 3 is 2.36 bits per heavy atom. The smallest absolute Gasteiger partial charge is 0.191 e. The summed E-state index contributed by atoms with van der Waals surface area (Å²) in [6, 6.07) is 5.38. The fourth-order valence-electron chi connectivity index (χ4n) is 2.84. The van der Waals surface area contributed by atoms with E-state index in [1.54, 1.807) is 0 Å². The van der Waals surface area contributed by atoms with Gasteiger partial charge in [0.15, 0.2) is 15.8 Å². The number of aliphatic hydroxyl groups is 1. The molecule has 0 bridgehead atoms. The van der Waals surface area contributed by atoms with Gasteiger partial charge in [-0.3, -0.25) is 4.99 Å². The maximum atomic E-state index is 13.7. The van der Waals surface area contributed by atoms with Gasteiger partial charge in [0.05, 0.1) is 5.75 Å². The third-order valence-corrected chi connectivity index (χ3v) is 6.64. The van der Waals surface area contributed by atoms with E-state index in [1.807, 2.05) is 6.92 Å². The Bertz CT molecular complexity index is 710. The van der Waals surface area contributed by atoms with E-state index in [9.17, 15) is 17.9 Å². The number of benzene rings is 1. The van der Waals surface area contributed by atoms with Crippen molar-refractivity contribution in [2.75, 3.05) is 32.0 Å². The minimum atomic E-state index is -3.72. The summed E-state index contributed by atoms with van der Waals surface area (Å²) < 4.78 is 38.4. The molecule has 0 saturated heterocycles. The molecule has 0 atom stereocenters. The lowest BCUT2D eigenvalue weighted by atomic mass is 9.79. The van der Waals surface area contributed by atoms with Crippen molar-refractivity contribution in [1.29, 1.82) is 0 Å². The maximum Gasteiger partial charge on any atom is 0.191 e. The predicted octanol–water partition coefficient (Wildman–Crippen LogP) is 2.96. The second-order valence-corrected chi connectivity index (χ2v) is 8.63. The minimum Gasteiger partial charge on any atom is -0.396 e. The highest BCUT2D eigenvalue weighted by molar-refractivity contribution is 14.0. The molecule has 3 N–H and O–H groups in total. The van der Waals surface area contributed by atoms with Crippen LogP contribution in [0, 0.1) is 11.2 Å². The molecule has 1 rings (SSSR count). The highest BCUT2D eigenvalue weighted by Crippen LogP contribution is 2.30. The van der Waals surface area contributed by atoms with E-state index in [4.69, 9.17) is 0 Å². The number of aliphatic hydroxyl groups excluding tert-OH is 1. The summed E-state index contributed by atoms with van der Waals surface area (Å²) in [6.07, 6.45) is 2.47. The van der Waals surface area contributed by atoms with Crippen LogP contribution in [0.4, 0.5) is 4.39 Å². The normalized spacial score (nSPS) is 12.4. The van der Waals surface area contributed by atoms with Gasteiger partial charge in [-0.25, -0.2) is 12.8 Å². The maximum absolute atomic E-state index is 13.7. The molecule has 0 amide bonds. The van der Waals surface area contributed by atoms with Crippen molar-refractivity contribution in [3.8, 4) is 0 Å². The first-order valence-electron chi connectivity index (χ1n) is 9.44. The van der Waals surface area contributed by atoms with Crippen LogP contribution < -0.4 is 10.6 Å². The van der Waals surface area contributed by atoms with E-state index >= 15 is 0 Å². The molecule has 6 nitrogen and oxygen atoms in total. The highest BCUT2D eigenvalue weighted by atomic mass is 127. The quantitative estimate of drug-likeness (QED) is 0.233. The lowest BCUT2D eigenvalue weighted by Crippen LogP contribution is -2.40. The van der Waals surface area contributed by atoms with Gasteiger partial charge in [0.25, 0.3) is 0 Å². The SMILES string of the molecule is CCNC(=NCC(CC)(CC)CCO)NCCS(=O)(=O)c1ccccc1F.I. The summed E-state index contributed by atoms with van der Waals surface area (Å²) in [7, 11) is -3.72. The minimum absolute atomic E-state index is 0. The fraction of sp³-hybridized carbons (Fsp3) is 0.632. The molecule has 0 fully saturated rings. The second-order valence-electron chi connectivity index (χ2n) is 6.55. The summed E-state index contributed by atoms with van der Waals surface area (Å²) in [5, 5.41) is 15.4. The number of hydrogen-bond donors (Lipinski definition) is 3. The molecule has 0 aliphatic heterocycles. The largest absolute Gasteiger partial charge is 0.396 e. The Hall–Kier alpha value is -0.940. The molecule has 0 aromatic heterocycles. The van der Waals surface area contributed by atoms with E-state index in [0.29, 0.717) is 25.5 Å². The van der Waals surface area contributed by atoms with Gasteiger partial charge >= 0.3 is 0 Å². The van der Waals surface area contributed by atoms with Gasteiger partial charge in [-0.05, 0) is 43.7 Å². The zero-order valence-corrected chi connectivity index (χ0v) is 20.0. The van der Waals surface area contributed by atoms with Crippen LogP contribution in [0.2, 0.25) is 0 Å². The molecule has 0 spiro atoms. The zero-order valence-electron chi connectivity index (χ0n) is 16.9. The molecule has 162 valence electrons. The Balaban J connectivity index is 0.00000729. The van der Waals surface area contributed by atoms with Crippen molar-refractivity contribution in [2.24, 2.45) is 10.4 Å². The lowest BCUT2D eigenvalue weighted by molar-refractivity contribution is 0.175. The van der Waals surface area contributed by atoms with Gasteiger partial charge < -0.3 is 15.7 Å². The molecular formula is C19H33FIN3O3S. The first-order chi connectivity index (χ1) is 12.8. The number of hydrogen-bond acceptors (Lipinski definition) is 4. The number of rotatable bonds is 11. The first-order valence-corrected chi connectivity index (χ1v) is 11.1. The number of nitrogens with zero attached hydrogens (tertiary/aromatic N) is 1. The Kier molecular flexibility index (Phi) is 12.9. The second kappa shape index (κ2) is 13.3. The molecule has 0 radical (unpaired) electrons. The van der Waals surface area contributed by atoms with Crippen LogP contribution in [0.1, 0.15) is 40.0 Å². The molecule has 1 aromatic carbocycles. The number of nitrogens with one attached hydrogen (secondary N) is 2. The Morgan fingerprint density at radius 1 is 1.18 bits per heavy atom. The molecule has 0 heterocycles. The van der Waals surface area contributed by atoms with Crippen molar-refractivity contribution in [2.45, 2.75) is 44.9 Å². The number of guanidine groups is 1. The van der Waals surface area contributed by atoms with E-state index in [2.05, 4.69) is 29.5 Å². The van der Waals surface area contributed by atoms with Crippen molar-refractivity contribution < 1.29 is 17.9 Å². The Labute approximate surface area is 185 Å². The molecule has 9 heteroatoms. The zero-order chi connectivity index (χ0) is 20.3. The first kappa shape index (κ1) is 27.1. The van der Waals surface area contributed by atoms with Crippen molar-refractivity contribution >= 4 is 39.8 Å². The van der Waals surface area contributed by atoms with Crippen LogP contribution >= 0.6 is 24.0 Å². The van der Waals surface area contributed by atoms with Crippen molar-refractivity contribution in [1.82, 2.24) is 10.6 Å². The molecule has 28 heavy (non-hydrogen) atoms. The topological polar surface area (TPSA) is 90.8 Å². The monoisotopic (exact) mass is 529 g/mol. The third-order valence-electron chi connectivity index (χ3n) is 4.89. The summed E-state index contributed by atoms with van der Waals surface area (Å²) in [4.78, 5) is 4.29. The van der Waals surface area contributed by atoms with Gasteiger partial charge in [-0.1, -0.05) is 26.0 Å². The standard InChI is InChI=1S/C19H32FN3O3S.HI/c1-4-19(5-2,11-13-24)15-23-18(21-6-3)22-12-14-27(25,26)17-10-8-7-9-16(17)20;/h7-10,24H,4-6,11-15H2,1-3H3,(H2,21,22,23);1H. The van der Waals surface area contributed by atoms with Gasteiger partial charge in [0.2, 0.25) is 0 Å². The lowest BCUT2D eigenvalue weighted by Gasteiger charge is -2.29. The molecule has 1 aromatic rings. The number of aliphatic imine (C=N–C) groups is 1. The van der Waals surface area contributed by atoms with Crippen LogP contribution in [-0.2, 0) is 9.84 Å². The van der Waals surface area contributed by atoms with Crippen LogP contribution in [0.15, 0.2) is 34.2 Å². The number of halogens is 2. The Morgan fingerprint density at radius 2 is 1.82 bits per heavy atom.